The first-order valence-electron chi connectivity index (χ1n) is 9.87. The maximum Gasteiger partial charge on any atom is 0.255 e. The van der Waals surface area contributed by atoms with Gasteiger partial charge >= 0.3 is 0 Å². The zero-order valence-corrected chi connectivity index (χ0v) is 17.3. The van der Waals surface area contributed by atoms with E-state index in [1.165, 1.54) is 11.9 Å². The van der Waals surface area contributed by atoms with Gasteiger partial charge in [-0.3, -0.25) is 9.48 Å². The van der Waals surface area contributed by atoms with Gasteiger partial charge in [0.05, 0.1) is 17.8 Å². The van der Waals surface area contributed by atoms with E-state index in [0.717, 1.165) is 16.8 Å². The van der Waals surface area contributed by atoms with Crippen molar-refractivity contribution in [2.75, 3.05) is 0 Å². The molecule has 0 aliphatic carbocycles. The molecule has 7 nitrogen and oxygen atoms in total. The van der Waals surface area contributed by atoms with Crippen LogP contribution >= 0.6 is 0 Å². The normalized spacial score (nSPS) is 12.0. The van der Waals surface area contributed by atoms with Crippen molar-refractivity contribution in [3.63, 3.8) is 0 Å². The fourth-order valence-electron chi connectivity index (χ4n) is 3.31. The molecule has 0 saturated carbocycles. The number of amides is 1. The smallest absolute Gasteiger partial charge is 0.255 e. The third kappa shape index (κ3) is 4.15. The molecule has 2 aromatic heterocycles. The molecule has 1 unspecified atom stereocenters. The summed E-state index contributed by atoms with van der Waals surface area (Å²) >= 11 is 0. The standard InChI is InChI=1S/C23H24N6O/c1-16-9-10-19(11-17(16)2)22-21(13-29(27-22)20-7-5-4-6-8-20)23(30)26-18(3)12-28-15-24-14-25-28/h4-11,13-15,18H,12H2,1-3H3,(H,26,30). The molecule has 7 heteroatoms. The van der Waals surface area contributed by atoms with Gasteiger partial charge in [-0.25, -0.2) is 9.67 Å². The summed E-state index contributed by atoms with van der Waals surface area (Å²) in [6, 6.07) is 15.8. The molecule has 2 heterocycles. The van der Waals surface area contributed by atoms with E-state index in [1.807, 2.05) is 43.3 Å². The van der Waals surface area contributed by atoms with E-state index in [2.05, 4.69) is 41.4 Å². The van der Waals surface area contributed by atoms with Crippen molar-refractivity contribution in [3.05, 3.63) is 84.1 Å². The molecule has 0 aliphatic heterocycles. The maximum absolute atomic E-state index is 13.2. The van der Waals surface area contributed by atoms with Crippen LogP contribution in [0.5, 0.6) is 0 Å². The first-order valence-corrected chi connectivity index (χ1v) is 9.87. The molecular weight excluding hydrogens is 376 g/mol. The summed E-state index contributed by atoms with van der Waals surface area (Å²) in [6.07, 6.45) is 4.91. The molecule has 0 saturated heterocycles. The van der Waals surface area contributed by atoms with Gasteiger partial charge in [-0.05, 0) is 50.1 Å². The molecule has 2 aromatic carbocycles. The quantitative estimate of drug-likeness (QED) is 0.537. The van der Waals surface area contributed by atoms with Crippen molar-refractivity contribution >= 4 is 5.91 Å². The highest BCUT2D eigenvalue weighted by molar-refractivity contribution is 6.00. The van der Waals surface area contributed by atoms with E-state index in [9.17, 15) is 4.79 Å². The Hall–Kier alpha value is -3.74. The molecule has 4 aromatic rings. The average Bonchev–Trinajstić information content (AvgIpc) is 3.40. The van der Waals surface area contributed by atoms with Gasteiger partial charge in [-0.15, -0.1) is 0 Å². The summed E-state index contributed by atoms with van der Waals surface area (Å²) in [7, 11) is 0. The van der Waals surface area contributed by atoms with E-state index in [1.54, 1.807) is 21.9 Å². The predicted molar refractivity (Wildman–Crippen MR) is 115 cm³/mol. The summed E-state index contributed by atoms with van der Waals surface area (Å²) in [5.74, 6) is -0.168. The van der Waals surface area contributed by atoms with Gasteiger partial charge in [0.15, 0.2) is 0 Å². The lowest BCUT2D eigenvalue weighted by atomic mass is 10.0. The van der Waals surface area contributed by atoms with Crippen LogP contribution in [0, 0.1) is 13.8 Å². The SMILES string of the molecule is Cc1ccc(-c2nn(-c3ccccc3)cc2C(=O)NC(C)Cn2cncn2)cc1C. The summed E-state index contributed by atoms with van der Waals surface area (Å²) < 4.78 is 3.45. The zero-order valence-electron chi connectivity index (χ0n) is 17.3. The lowest BCUT2D eigenvalue weighted by Gasteiger charge is -2.13. The van der Waals surface area contributed by atoms with Crippen LogP contribution in [0.1, 0.15) is 28.4 Å². The number of aromatic nitrogens is 5. The summed E-state index contributed by atoms with van der Waals surface area (Å²) in [5, 5.41) is 11.9. The number of carbonyl (C=O) groups excluding carboxylic acids is 1. The number of nitrogens with zero attached hydrogens (tertiary/aromatic N) is 5. The van der Waals surface area contributed by atoms with E-state index in [-0.39, 0.29) is 11.9 Å². The Morgan fingerprint density at radius 2 is 1.90 bits per heavy atom. The minimum atomic E-state index is -0.168. The number of benzene rings is 2. The number of nitrogens with one attached hydrogen (secondary N) is 1. The van der Waals surface area contributed by atoms with Crippen LogP contribution in [0.4, 0.5) is 0 Å². The monoisotopic (exact) mass is 400 g/mol. The van der Waals surface area contributed by atoms with Crippen LogP contribution in [-0.4, -0.2) is 36.5 Å². The Balaban J connectivity index is 1.68. The molecule has 0 bridgehead atoms. The van der Waals surface area contributed by atoms with Crippen LogP contribution in [-0.2, 0) is 6.54 Å². The third-order valence-corrected chi connectivity index (χ3v) is 5.06. The highest BCUT2D eigenvalue weighted by Crippen LogP contribution is 2.26. The van der Waals surface area contributed by atoms with Crippen molar-refractivity contribution < 1.29 is 4.79 Å². The number of rotatable bonds is 6. The molecule has 0 aliphatic rings. The fraction of sp³-hybridized carbons (Fsp3) is 0.217. The lowest BCUT2D eigenvalue weighted by molar-refractivity contribution is 0.0936. The van der Waals surface area contributed by atoms with Crippen LogP contribution in [0.15, 0.2) is 67.4 Å². The Morgan fingerprint density at radius 3 is 2.60 bits per heavy atom. The van der Waals surface area contributed by atoms with Crippen LogP contribution in [0.3, 0.4) is 0 Å². The molecule has 1 atom stereocenters. The Bertz CT molecular complexity index is 1150. The molecule has 1 amide bonds. The predicted octanol–water partition coefficient (Wildman–Crippen LogP) is 3.57. The summed E-state index contributed by atoms with van der Waals surface area (Å²) in [4.78, 5) is 17.1. The van der Waals surface area contributed by atoms with Crippen molar-refractivity contribution in [2.24, 2.45) is 0 Å². The van der Waals surface area contributed by atoms with Crippen LogP contribution < -0.4 is 5.32 Å². The molecule has 0 spiro atoms. The largest absolute Gasteiger partial charge is 0.348 e. The fourth-order valence-corrected chi connectivity index (χ4v) is 3.31. The van der Waals surface area contributed by atoms with E-state index >= 15 is 0 Å². The lowest BCUT2D eigenvalue weighted by Crippen LogP contribution is -2.35. The highest BCUT2D eigenvalue weighted by Gasteiger charge is 2.20. The third-order valence-electron chi connectivity index (χ3n) is 5.06. The highest BCUT2D eigenvalue weighted by atomic mass is 16.1. The Labute approximate surface area is 175 Å². The second-order valence-electron chi connectivity index (χ2n) is 7.46. The summed E-state index contributed by atoms with van der Waals surface area (Å²) in [5.41, 5.74) is 5.38. The molecule has 152 valence electrons. The molecular formula is C23H24N6O. The van der Waals surface area contributed by atoms with Gasteiger partial charge in [-0.1, -0.05) is 30.3 Å². The van der Waals surface area contributed by atoms with Crippen LogP contribution in [0.2, 0.25) is 0 Å². The van der Waals surface area contributed by atoms with E-state index in [0.29, 0.717) is 17.8 Å². The van der Waals surface area contributed by atoms with Gasteiger partial charge in [0.25, 0.3) is 5.91 Å². The molecule has 0 radical (unpaired) electrons. The van der Waals surface area contributed by atoms with Gasteiger partial charge < -0.3 is 5.32 Å². The zero-order chi connectivity index (χ0) is 21.1. The first-order chi connectivity index (χ1) is 14.5. The number of carbonyl (C=O) groups is 1. The van der Waals surface area contributed by atoms with Crippen LogP contribution in [0.25, 0.3) is 16.9 Å². The van der Waals surface area contributed by atoms with Gasteiger partial charge in [0.2, 0.25) is 0 Å². The van der Waals surface area contributed by atoms with Gasteiger partial charge in [0.1, 0.15) is 18.3 Å². The first kappa shape index (κ1) is 19.6. The van der Waals surface area contributed by atoms with E-state index in [4.69, 9.17) is 5.10 Å². The van der Waals surface area contributed by atoms with Gasteiger partial charge in [-0.2, -0.15) is 10.2 Å². The van der Waals surface area contributed by atoms with Crippen molar-refractivity contribution in [1.29, 1.82) is 0 Å². The molecule has 4 rings (SSSR count). The van der Waals surface area contributed by atoms with Crippen molar-refractivity contribution in [3.8, 4) is 16.9 Å². The number of hydrogen-bond acceptors (Lipinski definition) is 4. The number of para-hydroxylation sites is 1. The summed E-state index contributed by atoms with van der Waals surface area (Å²) in [6.45, 7) is 6.61. The minimum absolute atomic E-state index is 0.119. The molecule has 30 heavy (non-hydrogen) atoms. The number of aryl methyl sites for hydroxylation is 2. The Kier molecular flexibility index (Phi) is 5.43. The number of hydrogen-bond donors (Lipinski definition) is 1. The van der Waals surface area contributed by atoms with E-state index < -0.39 is 0 Å². The molecule has 0 fully saturated rings. The second kappa shape index (κ2) is 8.32. The Morgan fingerprint density at radius 1 is 1.10 bits per heavy atom. The van der Waals surface area contributed by atoms with Gasteiger partial charge in [0, 0.05) is 17.8 Å². The van der Waals surface area contributed by atoms with Crippen molar-refractivity contribution in [2.45, 2.75) is 33.4 Å². The van der Waals surface area contributed by atoms with Crippen molar-refractivity contribution in [1.82, 2.24) is 29.9 Å². The molecule has 1 N–H and O–H groups in total. The average molecular weight is 400 g/mol. The topological polar surface area (TPSA) is 77.6 Å². The minimum Gasteiger partial charge on any atom is -0.348 e. The second-order valence-corrected chi connectivity index (χ2v) is 7.46. The maximum atomic E-state index is 13.2.